The summed E-state index contributed by atoms with van der Waals surface area (Å²) in [6.45, 7) is 6.00. The van der Waals surface area contributed by atoms with Gasteiger partial charge in [0.15, 0.2) is 11.6 Å². The summed E-state index contributed by atoms with van der Waals surface area (Å²) in [6, 6.07) is 2.37. The maximum atomic E-state index is 14.2. The van der Waals surface area contributed by atoms with Gasteiger partial charge in [-0.05, 0) is 25.0 Å². The average molecular weight is 310 g/mol. The topological polar surface area (TPSA) is 46.4 Å². The predicted molar refractivity (Wildman–Crippen MR) is 83.1 cm³/mol. The van der Waals surface area contributed by atoms with Crippen LogP contribution in [-0.2, 0) is 4.79 Å². The van der Waals surface area contributed by atoms with Crippen molar-refractivity contribution >= 4 is 17.3 Å². The van der Waals surface area contributed by atoms with E-state index in [2.05, 4.69) is 10.6 Å². The van der Waals surface area contributed by atoms with Crippen LogP contribution in [0.4, 0.5) is 20.2 Å². The van der Waals surface area contributed by atoms with Crippen LogP contribution in [0.3, 0.4) is 0 Å². The highest BCUT2D eigenvalue weighted by atomic mass is 19.1. The normalized spacial score (nSPS) is 15.2. The van der Waals surface area contributed by atoms with Gasteiger partial charge in [-0.3, -0.25) is 4.79 Å². The molecule has 0 spiro atoms. The van der Waals surface area contributed by atoms with Crippen LogP contribution in [0.2, 0.25) is 0 Å². The van der Waals surface area contributed by atoms with E-state index in [1.165, 1.54) is 12.1 Å². The summed E-state index contributed by atoms with van der Waals surface area (Å²) < 4.78 is 28.5. The third kappa shape index (κ3) is 3.74. The number of carbonyl (C=O) groups is 1. The Hall–Kier alpha value is -1.69. The lowest BCUT2D eigenvalue weighted by Gasteiger charge is -2.29. The van der Waals surface area contributed by atoms with Crippen molar-refractivity contribution < 1.29 is 13.6 Å². The second-order valence-corrected chi connectivity index (χ2v) is 5.45. The number of rotatable bonds is 5. The Morgan fingerprint density at radius 1 is 1.23 bits per heavy atom. The van der Waals surface area contributed by atoms with E-state index in [-0.39, 0.29) is 23.2 Å². The summed E-state index contributed by atoms with van der Waals surface area (Å²) in [7, 11) is 0. The summed E-state index contributed by atoms with van der Waals surface area (Å²) in [5, 5.41) is 6.76. The molecule has 0 aromatic heterocycles. The molecule has 1 aromatic carbocycles. The third-order valence-corrected chi connectivity index (χ3v) is 4.01. The van der Waals surface area contributed by atoms with Crippen LogP contribution >= 0.6 is 0 Å². The fraction of sp³-hybridized carbons (Fsp3) is 0.562. The molecular formula is C16H22F2N3O. The number of carbonyl (C=O) groups excluding carboxylic acids is 1. The first kappa shape index (κ1) is 16.7. The second-order valence-electron chi connectivity index (χ2n) is 5.45. The summed E-state index contributed by atoms with van der Waals surface area (Å²) in [5.41, 5.74) is 0.132. The highest BCUT2D eigenvalue weighted by Gasteiger charge is 2.21. The van der Waals surface area contributed by atoms with Crippen molar-refractivity contribution in [1.29, 1.82) is 0 Å². The zero-order chi connectivity index (χ0) is 16.1. The van der Waals surface area contributed by atoms with Gasteiger partial charge in [0.1, 0.15) is 5.69 Å². The summed E-state index contributed by atoms with van der Waals surface area (Å²) >= 11 is 0. The van der Waals surface area contributed by atoms with Crippen LogP contribution in [0.25, 0.3) is 0 Å². The monoisotopic (exact) mass is 310 g/mol. The summed E-state index contributed by atoms with van der Waals surface area (Å²) in [5.74, 6) is -1.65. The molecule has 22 heavy (non-hydrogen) atoms. The van der Waals surface area contributed by atoms with Gasteiger partial charge in [0.2, 0.25) is 5.91 Å². The van der Waals surface area contributed by atoms with Gasteiger partial charge in [0.25, 0.3) is 0 Å². The third-order valence-electron chi connectivity index (χ3n) is 4.01. The lowest BCUT2D eigenvalue weighted by Crippen LogP contribution is -2.41. The second kappa shape index (κ2) is 7.54. The van der Waals surface area contributed by atoms with E-state index in [1.54, 1.807) is 4.90 Å². The zero-order valence-electron chi connectivity index (χ0n) is 13.0. The average Bonchev–Trinajstić information content (AvgIpc) is 2.49. The molecule has 1 aliphatic rings. The molecule has 0 bridgehead atoms. The lowest BCUT2D eigenvalue weighted by molar-refractivity contribution is -0.120. The van der Waals surface area contributed by atoms with Gasteiger partial charge >= 0.3 is 0 Å². The molecule has 1 fully saturated rings. The SMILES string of the molecule is CCC(CC)C(=O)Nc1cc(F)c(N2CC[N]CC2)c(F)c1. The Kier molecular flexibility index (Phi) is 5.71. The minimum Gasteiger partial charge on any atom is -0.364 e. The van der Waals surface area contributed by atoms with Crippen LogP contribution in [0.15, 0.2) is 12.1 Å². The first-order valence-electron chi connectivity index (χ1n) is 7.74. The van der Waals surface area contributed by atoms with Gasteiger partial charge in [0.05, 0.1) is 0 Å². The smallest absolute Gasteiger partial charge is 0.227 e. The van der Waals surface area contributed by atoms with Gasteiger partial charge in [0, 0.05) is 37.8 Å². The molecule has 1 aromatic rings. The number of halogens is 2. The molecule has 0 aliphatic carbocycles. The Morgan fingerprint density at radius 2 is 1.77 bits per heavy atom. The predicted octanol–water partition coefficient (Wildman–Crippen LogP) is 2.76. The molecule has 2 rings (SSSR count). The highest BCUT2D eigenvalue weighted by molar-refractivity contribution is 5.92. The Morgan fingerprint density at radius 3 is 2.27 bits per heavy atom. The number of piperazine rings is 1. The van der Waals surface area contributed by atoms with Crippen LogP contribution in [-0.4, -0.2) is 32.1 Å². The van der Waals surface area contributed by atoms with Gasteiger partial charge in [-0.2, -0.15) is 0 Å². The van der Waals surface area contributed by atoms with E-state index < -0.39 is 11.6 Å². The number of hydrogen-bond acceptors (Lipinski definition) is 2. The fourth-order valence-corrected chi connectivity index (χ4v) is 2.67. The molecule has 0 atom stereocenters. The minimum atomic E-state index is -0.651. The van der Waals surface area contributed by atoms with E-state index in [4.69, 9.17) is 0 Å². The van der Waals surface area contributed by atoms with Crippen LogP contribution in [0.1, 0.15) is 26.7 Å². The molecule has 0 unspecified atom stereocenters. The Labute approximate surface area is 129 Å². The van der Waals surface area contributed by atoms with E-state index in [1.807, 2.05) is 13.8 Å². The van der Waals surface area contributed by atoms with Crippen molar-refractivity contribution in [3.63, 3.8) is 0 Å². The van der Waals surface area contributed by atoms with Gasteiger partial charge in [-0.15, -0.1) is 0 Å². The number of hydrogen-bond donors (Lipinski definition) is 1. The number of nitrogens with zero attached hydrogens (tertiary/aromatic N) is 2. The quantitative estimate of drug-likeness (QED) is 0.909. The molecule has 1 radical (unpaired) electrons. The molecule has 1 amide bonds. The van der Waals surface area contributed by atoms with E-state index in [0.717, 1.165) is 0 Å². The fourth-order valence-electron chi connectivity index (χ4n) is 2.67. The van der Waals surface area contributed by atoms with Crippen molar-refractivity contribution in [2.75, 3.05) is 36.4 Å². The molecule has 121 valence electrons. The maximum Gasteiger partial charge on any atom is 0.227 e. The van der Waals surface area contributed by atoms with Gasteiger partial charge < -0.3 is 10.2 Å². The van der Waals surface area contributed by atoms with Crippen molar-refractivity contribution in [2.24, 2.45) is 5.92 Å². The number of nitrogens with one attached hydrogen (secondary N) is 1. The van der Waals surface area contributed by atoms with Crippen molar-refractivity contribution in [2.45, 2.75) is 26.7 Å². The van der Waals surface area contributed by atoms with Crippen LogP contribution in [0.5, 0.6) is 0 Å². The summed E-state index contributed by atoms with van der Waals surface area (Å²) in [6.07, 6.45) is 1.39. The molecule has 1 aliphatic heterocycles. The molecule has 4 nitrogen and oxygen atoms in total. The molecule has 1 saturated heterocycles. The number of benzene rings is 1. The van der Waals surface area contributed by atoms with Crippen molar-refractivity contribution in [3.8, 4) is 0 Å². The molecular weight excluding hydrogens is 288 g/mol. The Bertz CT molecular complexity index is 503. The summed E-state index contributed by atoms with van der Waals surface area (Å²) in [4.78, 5) is 13.7. The first-order chi connectivity index (χ1) is 10.6. The lowest BCUT2D eigenvalue weighted by atomic mass is 10.0. The first-order valence-corrected chi connectivity index (χ1v) is 7.74. The Balaban J connectivity index is 2.17. The maximum absolute atomic E-state index is 14.2. The van der Waals surface area contributed by atoms with E-state index in [9.17, 15) is 13.6 Å². The zero-order valence-corrected chi connectivity index (χ0v) is 13.0. The molecule has 1 heterocycles. The van der Waals surface area contributed by atoms with Gasteiger partial charge in [-0.25, -0.2) is 14.1 Å². The van der Waals surface area contributed by atoms with Gasteiger partial charge in [-0.1, -0.05) is 13.8 Å². The minimum absolute atomic E-state index is 0.0320. The van der Waals surface area contributed by atoms with Crippen LogP contribution < -0.4 is 15.5 Å². The number of anilines is 2. The standard InChI is InChI=1S/C16H22F2N3O/c1-3-11(4-2)16(22)20-12-9-13(17)15(14(18)10-12)21-7-5-19-6-8-21/h9-11H,3-8H2,1-2H3,(H,20,22). The molecule has 1 N–H and O–H groups in total. The van der Waals surface area contributed by atoms with Crippen molar-refractivity contribution in [1.82, 2.24) is 5.32 Å². The van der Waals surface area contributed by atoms with Crippen LogP contribution in [0, 0.1) is 17.6 Å². The van der Waals surface area contributed by atoms with E-state index in [0.29, 0.717) is 39.0 Å². The highest BCUT2D eigenvalue weighted by Crippen LogP contribution is 2.28. The van der Waals surface area contributed by atoms with Crippen molar-refractivity contribution in [3.05, 3.63) is 23.8 Å². The molecule has 0 saturated carbocycles. The number of amides is 1. The van der Waals surface area contributed by atoms with E-state index >= 15 is 0 Å². The molecule has 6 heteroatoms. The largest absolute Gasteiger partial charge is 0.364 e.